The zero-order valence-corrected chi connectivity index (χ0v) is 24.5. The highest BCUT2D eigenvalue weighted by Gasteiger charge is 2.34. The van der Waals surface area contributed by atoms with Gasteiger partial charge >= 0.3 is 6.18 Å². The molecule has 0 saturated carbocycles. The van der Waals surface area contributed by atoms with E-state index in [1.165, 1.54) is 54.6 Å². The minimum Gasteiger partial charge on any atom is -0.325 e. The summed E-state index contributed by atoms with van der Waals surface area (Å²) in [5.41, 5.74) is -1.50. The topological polar surface area (TPSA) is 130 Å². The first-order valence-corrected chi connectivity index (χ1v) is 14.3. The number of hydrogen-bond donors (Lipinski definition) is 3. The minimum atomic E-state index is -4.73. The average Bonchev–Trinajstić information content (AvgIpc) is 3.01. The molecular weight excluding hydrogens is 633 g/mol. The van der Waals surface area contributed by atoms with Crippen LogP contribution in [0.2, 0.25) is 5.02 Å². The number of nitrogens with one attached hydrogen (secondary N) is 3. The lowest BCUT2D eigenvalue weighted by Gasteiger charge is -2.14. The van der Waals surface area contributed by atoms with E-state index < -0.39 is 40.1 Å². The van der Waals surface area contributed by atoms with Crippen LogP contribution in [0.3, 0.4) is 0 Å². The Kier molecular flexibility index (Phi) is 10.6. The van der Waals surface area contributed by atoms with Gasteiger partial charge in [0, 0.05) is 27.2 Å². The number of amides is 3. The largest absolute Gasteiger partial charge is 0.418 e. The molecule has 4 rings (SSSR count). The van der Waals surface area contributed by atoms with Crippen LogP contribution in [-0.4, -0.2) is 28.4 Å². The van der Waals surface area contributed by atoms with Gasteiger partial charge in [0.05, 0.1) is 27.5 Å². The van der Waals surface area contributed by atoms with Crippen molar-refractivity contribution in [2.45, 2.75) is 11.1 Å². The van der Waals surface area contributed by atoms with Gasteiger partial charge in [0.25, 0.3) is 17.5 Å². The van der Waals surface area contributed by atoms with Crippen molar-refractivity contribution in [2.24, 2.45) is 0 Å². The Bertz CT molecular complexity index is 1780. The molecule has 45 heavy (non-hydrogen) atoms. The lowest BCUT2D eigenvalue weighted by molar-refractivity contribution is -0.385. The minimum absolute atomic E-state index is 0.0747. The number of rotatable bonds is 10. The number of carbonyl (C=O) groups excluding carboxylic acids is 3. The van der Waals surface area contributed by atoms with E-state index in [1.807, 2.05) is 0 Å². The standard InChI is InChI=1S/C31H22ClF3N4O5S/c32-21-13-14-25(24(16-21)31(33,34)35)37-28(40)18-45-23-11-6-10-22(17-23)36-30(42)26(38-29(41)19-7-2-1-3-8-19)15-20-9-4-5-12-27(20)39(43)44/h1-17H,18H2,(H,36,42)(H,37,40)(H,38,41)/b26-15+. The molecule has 0 bridgehead atoms. The molecule has 0 radical (unpaired) electrons. The Labute approximate surface area is 263 Å². The number of thioether (sulfide) groups is 1. The van der Waals surface area contributed by atoms with Crippen molar-refractivity contribution < 1.29 is 32.5 Å². The summed E-state index contributed by atoms with van der Waals surface area (Å²) < 4.78 is 40.1. The van der Waals surface area contributed by atoms with Gasteiger partial charge in [-0.05, 0) is 60.7 Å². The van der Waals surface area contributed by atoms with Gasteiger partial charge in [0.15, 0.2) is 0 Å². The summed E-state index contributed by atoms with van der Waals surface area (Å²) in [6, 6.07) is 23.0. The fourth-order valence-corrected chi connectivity index (χ4v) is 4.86. The monoisotopic (exact) mass is 654 g/mol. The van der Waals surface area contributed by atoms with Crippen molar-refractivity contribution in [3.05, 3.63) is 135 Å². The zero-order valence-electron chi connectivity index (χ0n) is 22.9. The lowest BCUT2D eigenvalue weighted by Crippen LogP contribution is -2.30. The van der Waals surface area contributed by atoms with Crippen LogP contribution < -0.4 is 16.0 Å². The number of nitrogens with zero attached hydrogens (tertiary/aromatic N) is 1. The third-order valence-corrected chi connectivity index (χ3v) is 7.21. The number of para-hydroxylation sites is 1. The molecule has 0 aromatic heterocycles. The number of nitro groups is 1. The van der Waals surface area contributed by atoms with Crippen LogP contribution in [0.5, 0.6) is 0 Å². The summed E-state index contributed by atoms with van der Waals surface area (Å²) in [5, 5.41) is 18.8. The third kappa shape index (κ3) is 9.17. The van der Waals surface area contributed by atoms with Crippen LogP contribution in [-0.2, 0) is 15.8 Å². The van der Waals surface area contributed by atoms with Gasteiger partial charge in [0.2, 0.25) is 5.91 Å². The summed E-state index contributed by atoms with van der Waals surface area (Å²) in [5.74, 6) is -2.38. The van der Waals surface area contributed by atoms with E-state index in [-0.39, 0.29) is 39.0 Å². The van der Waals surface area contributed by atoms with Gasteiger partial charge in [-0.25, -0.2) is 0 Å². The summed E-state index contributed by atoms with van der Waals surface area (Å²) in [4.78, 5) is 50.1. The van der Waals surface area contributed by atoms with Crippen LogP contribution in [0.4, 0.5) is 30.2 Å². The zero-order chi connectivity index (χ0) is 32.6. The van der Waals surface area contributed by atoms with Crippen molar-refractivity contribution in [1.82, 2.24) is 5.32 Å². The molecule has 4 aromatic carbocycles. The highest BCUT2D eigenvalue weighted by atomic mass is 35.5. The van der Waals surface area contributed by atoms with Crippen molar-refractivity contribution in [2.75, 3.05) is 16.4 Å². The van der Waals surface area contributed by atoms with Crippen LogP contribution in [0.15, 0.2) is 108 Å². The van der Waals surface area contributed by atoms with E-state index in [9.17, 15) is 37.7 Å². The number of halogens is 4. The number of nitro benzene ring substituents is 1. The molecule has 0 aliphatic carbocycles. The van der Waals surface area contributed by atoms with Crippen LogP contribution >= 0.6 is 23.4 Å². The molecule has 0 aliphatic heterocycles. The molecule has 0 aliphatic rings. The van der Waals surface area contributed by atoms with Crippen molar-refractivity contribution in [3.8, 4) is 0 Å². The number of benzene rings is 4. The third-order valence-electron chi connectivity index (χ3n) is 5.99. The average molecular weight is 655 g/mol. The van der Waals surface area contributed by atoms with E-state index in [0.717, 1.165) is 23.9 Å². The van der Waals surface area contributed by atoms with E-state index in [4.69, 9.17) is 11.6 Å². The highest BCUT2D eigenvalue weighted by Crippen LogP contribution is 2.36. The molecule has 230 valence electrons. The lowest BCUT2D eigenvalue weighted by atomic mass is 10.1. The molecule has 0 fully saturated rings. The first-order valence-electron chi connectivity index (χ1n) is 12.9. The predicted molar refractivity (Wildman–Crippen MR) is 166 cm³/mol. The Morgan fingerprint density at radius 3 is 2.31 bits per heavy atom. The van der Waals surface area contributed by atoms with Crippen molar-refractivity contribution >= 4 is 64.2 Å². The molecule has 4 aromatic rings. The Morgan fingerprint density at radius 1 is 0.889 bits per heavy atom. The van der Waals surface area contributed by atoms with Crippen LogP contribution in [0.1, 0.15) is 21.5 Å². The first kappa shape index (κ1) is 32.8. The normalized spacial score (nSPS) is 11.4. The van der Waals surface area contributed by atoms with Gasteiger partial charge in [-0.1, -0.05) is 48.0 Å². The second kappa shape index (κ2) is 14.6. The molecule has 0 unspecified atom stereocenters. The van der Waals surface area contributed by atoms with Gasteiger partial charge in [-0.15, -0.1) is 11.8 Å². The van der Waals surface area contributed by atoms with Crippen LogP contribution in [0, 0.1) is 10.1 Å². The quantitative estimate of drug-likeness (QED) is 0.0707. The molecule has 3 amide bonds. The van der Waals surface area contributed by atoms with E-state index in [2.05, 4.69) is 16.0 Å². The Balaban J connectivity index is 1.50. The molecular formula is C31H22ClF3N4O5S. The molecule has 0 atom stereocenters. The van der Waals surface area contributed by atoms with E-state index in [1.54, 1.807) is 36.4 Å². The van der Waals surface area contributed by atoms with Gasteiger partial charge in [-0.3, -0.25) is 24.5 Å². The first-order chi connectivity index (χ1) is 21.4. The van der Waals surface area contributed by atoms with Crippen molar-refractivity contribution in [1.29, 1.82) is 0 Å². The maximum atomic E-state index is 13.4. The summed E-state index contributed by atoms with van der Waals surface area (Å²) in [6.07, 6.45) is -3.55. The maximum absolute atomic E-state index is 13.4. The fourth-order valence-electron chi connectivity index (χ4n) is 3.93. The number of alkyl halides is 3. The van der Waals surface area contributed by atoms with Gasteiger partial charge in [-0.2, -0.15) is 13.2 Å². The summed E-state index contributed by atoms with van der Waals surface area (Å²) in [7, 11) is 0. The Hall–Kier alpha value is -5.14. The molecule has 0 saturated heterocycles. The summed E-state index contributed by atoms with van der Waals surface area (Å²) >= 11 is 6.69. The van der Waals surface area contributed by atoms with Gasteiger partial charge in [0.1, 0.15) is 5.70 Å². The number of hydrogen-bond acceptors (Lipinski definition) is 6. The number of anilines is 2. The highest BCUT2D eigenvalue weighted by molar-refractivity contribution is 8.00. The molecule has 0 spiro atoms. The maximum Gasteiger partial charge on any atom is 0.418 e. The molecule has 3 N–H and O–H groups in total. The second-order valence-corrected chi connectivity index (χ2v) is 10.7. The molecule has 0 heterocycles. The molecule has 14 heteroatoms. The van der Waals surface area contributed by atoms with E-state index >= 15 is 0 Å². The van der Waals surface area contributed by atoms with Crippen LogP contribution in [0.25, 0.3) is 6.08 Å². The summed E-state index contributed by atoms with van der Waals surface area (Å²) in [6.45, 7) is 0. The smallest absolute Gasteiger partial charge is 0.325 e. The SMILES string of the molecule is O=C(CSc1cccc(NC(=O)/C(=C\c2ccccc2[N+](=O)[O-])NC(=O)c2ccccc2)c1)Nc1ccc(Cl)cc1C(F)(F)F. The number of carbonyl (C=O) groups is 3. The van der Waals surface area contributed by atoms with Gasteiger partial charge < -0.3 is 16.0 Å². The predicted octanol–water partition coefficient (Wildman–Crippen LogP) is 7.41. The fraction of sp³-hybridized carbons (Fsp3) is 0.0645. The van der Waals surface area contributed by atoms with Crippen molar-refractivity contribution in [3.63, 3.8) is 0 Å². The molecule has 9 nitrogen and oxygen atoms in total. The second-order valence-electron chi connectivity index (χ2n) is 9.20. The van der Waals surface area contributed by atoms with E-state index in [0.29, 0.717) is 4.90 Å². The Morgan fingerprint density at radius 2 is 1.60 bits per heavy atom.